The molecule has 1 aliphatic rings. The summed E-state index contributed by atoms with van der Waals surface area (Å²) in [5.74, 6) is 0.689. The van der Waals surface area contributed by atoms with E-state index in [0.29, 0.717) is 25.6 Å². The van der Waals surface area contributed by atoms with Crippen LogP contribution in [-0.2, 0) is 22.6 Å². The lowest BCUT2D eigenvalue weighted by atomic mass is 10.1. The Morgan fingerprint density at radius 2 is 1.83 bits per heavy atom. The number of amides is 1. The number of rotatable bonds is 7. The van der Waals surface area contributed by atoms with Gasteiger partial charge in [-0.05, 0) is 31.9 Å². The molecule has 0 unspecified atom stereocenters. The molecule has 8 heteroatoms. The average Bonchev–Trinajstić information content (AvgIpc) is 2.67. The second kappa shape index (κ2) is 11.6. The molecule has 0 aliphatic carbocycles. The smallest absolute Gasteiger partial charge is 0.407 e. The molecule has 1 saturated heterocycles. The molecule has 1 aromatic carbocycles. The molecule has 3 N–H and O–H groups in total. The van der Waals surface area contributed by atoms with Crippen LogP contribution in [0.3, 0.4) is 0 Å². The minimum absolute atomic E-state index is 0.417. The predicted octanol–water partition coefficient (Wildman–Crippen LogP) is 1.71. The highest BCUT2D eigenvalue weighted by atomic mass is 16.6. The molecule has 0 bridgehead atoms. The SMILES string of the molecule is CN=C(NCCNC(=O)OC(C)(C)C)NCc1cccc(CN2CCOCC2)c1. The second-order valence-corrected chi connectivity index (χ2v) is 7.99. The van der Waals surface area contributed by atoms with Gasteiger partial charge in [-0.3, -0.25) is 9.89 Å². The number of morpholine rings is 1. The summed E-state index contributed by atoms with van der Waals surface area (Å²) >= 11 is 0. The van der Waals surface area contributed by atoms with Crippen LogP contribution in [0.15, 0.2) is 29.3 Å². The summed E-state index contributed by atoms with van der Waals surface area (Å²) in [6, 6.07) is 8.58. The van der Waals surface area contributed by atoms with Gasteiger partial charge in [0, 0.05) is 46.3 Å². The number of hydrogen-bond donors (Lipinski definition) is 3. The topological polar surface area (TPSA) is 87.2 Å². The summed E-state index contributed by atoms with van der Waals surface area (Å²) in [4.78, 5) is 18.3. The molecule has 1 aromatic rings. The average molecular weight is 406 g/mol. The molecule has 8 nitrogen and oxygen atoms in total. The molecule has 0 saturated carbocycles. The molecule has 0 atom stereocenters. The largest absolute Gasteiger partial charge is 0.444 e. The van der Waals surface area contributed by atoms with Gasteiger partial charge in [0.15, 0.2) is 5.96 Å². The maximum Gasteiger partial charge on any atom is 0.407 e. The van der Waals surface area contributed by atoms with Gasteiger partial charge < -0.3 is 25.4 Å². The van der Waals surface area contributed by atoms with E-state index in [1.165, 1.54) is 11.1 Å². The number of aliphatic imine (C=N–C) groups is 1. The van der Waals surface area contributed by atoms with Crippen LogP contribution in [0.25, 0.3) is 0 Å². The molecule has 0 aromatic heterocycles. The highest BCUT2D eigenvalue weighted by Gasteiger charge is 2.15. The van der Waals surface area contributed by atoms with Crippen molar-refractivity contribution in [3.05, 3.63) is 35.4 Å². The molecule has 1 heterocycles. The maximum absolute atomic E-state index is 11.6. The summed E-state index contributed by atoms with van der Waals surface area (Å²) in [5.41, 5.74) is 2.01. The van der Waals surface area contributed by atoms with Crippen molar-refractivity contribution >= 4 is 12.1 Å². The molecule has 0 spiro atoms. The van der Waals surface area contributed by atoms with Crippen LogP contribution in [0, 0.1) is 0 Å². The predicted molar refractivity (Wildman–Crippen MR) is 115 cm³/mol. The standard InChI is InChI=1S/C21H35N5O3/c1-21(2,3)29-20(27)24-9-8-23-19(22-4)25-15-17-6-5-7-18(14-17)16-26-10-12-28-13-11-26/h5-7,14H,8-13,15-16H2,1-4H3,(H,24,27)(H2,22,23,25). The summed E-state index contributed by atoms with van der Waals surface area (Å²) < 4.78 is 10.6. The highest BCUT2D eigenvalue weighted by Crippen LogP contribution is 2.10. The van der Waals surface area contributed by atoms with E-state index in [4.69, 9.17) is 9.47 Å². The van der Waals surface area contributed by atoms with Crippen molar-refractivity contribution in [1.29, 1.82) is 0 Å². The summed E-state index contributed by atoms with van der Waals surface area (Å²) in [6.45, 7) is 11.7. The number of ether oxygens (including phenoxy) is 2. The van der Waals surface area contributed by atoms with Crippen molar-refractivity contribution in [3.8, 4) is 0 Å². The zero-order valence-corrected chi connectivity index (χ0v) is 18.1. The van der Waals surface area contributed by atoms with Crippen molar-refractivity contribution in [2.45, 2.75) is 39.5 Å². The van der Waals surface area contributed by atoms with E-state index >= 15 is 0 Å². The first-order valence-electron chi connectivity index (χ1n) is 10.1. The van der Waals surface area contributed by atoms with Gasteiger partial charge in [0.2, 0.25) is 0 Å². The lowest BCUT2D eigenvalue weighted by Gasteiger charge is -2.26. The van der Waals surface area contributed by atoms with Gasteiger partial charge in [0.1, 0.15) is 5.60 Å². The fourth-order valence-electron chi connectivity index (χ4n) is 2.92. The number of benzene rings is 1. The van der Waals surface area contributed by atoms with Crippen molar-refractivity contribution in [2.75, 3.05) is 46.4 Å². The summed E-state index contributed by atoms with van der Waals surface area (Å²) in [6.07, 6.45) is -0.417. The second-order valence-electron chi connectivity index (χ2n) is 7.99. The van der Waals surface area contributed by atoms with E-state index in [9.17, 15) is 4.79 Å². The van der Waals surface area contributed by atoms with Crippen LogP contribution >= 0.6 is 0 Å². The Balaban J connectivity index is 1.70. The fourth-order valence-corrected chi connectivity index (χ4v) is 2.92. The lowest BCUT2D eigenvalue weighted by Crippen LogP contribution is -2.42. The van der Waals surface area contributed by atoms with Crippen LogP contribution in [0.5, 0.6) is 0 Å². The van der Waals surface area contributed by atoms with E-state index < -0.39 is 11.7 Å². The Morgan fingerprint density at radius 1 is 1.14 bits per heavy atom. The molecular weight excluding hydrogens is 370 g/mol. The summed E-state index contributed by atoms with van der Waals surface area (Å²) in [7, 11) is 1.73. The lowest BCUT2D eigenvalue weighted by molar-refractivity contribution is 0.0342. The third kappa shape index (κ3) is 9.62. The number of hydrogen-bond acceptors (Lipinski definition) is 5. The Hall–Kier alpha value is -2.32. The number of carbonyl (C=O) groups excluding carboxylic acids is 1. The van der Waals surface area contributed by atoms with E-state index in [2.05, 4.69) is 50.1 Å². The molecule has 1 aliphatic heterocycles. The zero-order chi connectivity index (χ0) is 21.1. The minimum Gasteiger partial charge on any atom is -0.444 e. The Labute approximate surface area is 174 Å². The number of guanidine groups is 1. The minimum atomic E-state index is -0.495. The molecule has 0 radical (unpaired) electrons. The van der Waals surface area contributed by atoms with E-state index in [0.717, 1.165) is 32.8 Å². The van der Waals surface area contributed by atoms with Crippen molar-refractivity contribution in [1.82, 2.24) is 20.9 Å². The van der Waals surface area contributed by atoms with Gasteiger partial charge in [0.25, 0.3) is 0 Å². The van der Waals surface area contributed by atoms with Gasteiger partial charge in [-0.2, -0.15) is 0 Å². The van der Waals surface area contributed by atoms with Gasteiger partial charge in [-0.25, -0.2) is 4.79 Å². The van der Waals surface area contributed by atoms with Crippen molar-refractivity contribution in [2.24, 2.45) is 4.99 Å². The number of nitrogens with one attached hydrogen (secondary N) is 3. The van der Waals surface area contributed by atoms with Gasteiger partial charge in [0.05, 0.1) is 13.2 Å². The van der Waals surface area contributed by atoms with Crippen LogP contribution < -0.4 is 16.0 Å². The molecule has 1 fully saturated rings. The first-order valence-corrected chi connectivity index (χ1v) is 10.1. The molecular formula is C21H35N5O3. The van der Waals surface area contributed by atoms with E-state index in [-0.39, 0.29) is 0 Å². The number of alkyl carbamates (subject to hydrolysis) is 1. The molecule has 162 valence electrons. The van der Waals surface area contributed by atoms with Crippen LogP contribution in [-0.4, -0.2) is 69.0 Å². The maximum atomic E-state index is 11.6. The normalized spacial score (nSPS) is 15.7. The third-order valence-electron chi connectivity index (χ3n) is 4.27. The monoisotopic (exact) mass is 405 g/mol. The Kier molecular flexibility index (Phi) is 9.21. The number of carbonyl (C=O) groups is 1. The van der Waals surface area contributed by atoms with Gasteiger partial charge in [-0.15, -0.1) is 0 Å². The molecule has 29 heavy (non-hydrogen) atoms. The first kappa shape index (κ1) is 23.0. The van der Waals surface area contributed by atoms with E-state index in [1.54, 1.807) is 7.05 Å². The Bertz CT molecular complexity index is 667. The summed E-state index contributed by atoms with van der Waals surface area (Å²) in [5, 5.41) is 9.21. The van der Waals surface area contributed by atoms with Crippen LogP contribution in [0.2, 0.25) is 0 Å². The van der Waals surface area contributed by atoms with E-state index in [1.807, 2.05) is 20.8 Å². The number of nitrogens with zero attached hydrogens (tertiary/aromatic N) is 2. The quantitative estimate of drug-likeness (QED) is 0.364. The van der Waals surface area contributed by atoms with Crippen LogP contribution in [0.1, 0.15) is 31.9 Å². The molecule has 2 rings (SSSR count). The third-order valence-corrected chi connectivity index (χ3v) is 4.27. The highest BCUT2D eigenvalue weighted by molar-refractivity contribution is 5.79. The van der Waals surface area contributed by atoms with Crippen LogP contribution in [0.4, 0.5) is 4.79 Å². The Morgan fingerprint density at radius 3 is 2.52 bits per heavy atom. The molecule has 1 amide bonds. The fraction of sp³-hybridized carbons (Fsp3) is 0.619. The van der Waals surface area contributed by atoms with Crippen molar-refractivity contribution in [3.63, 3.8) is 0 Å². The van der Waals surface area contributed by atoms with Gasteiger partial charge in [-0.1, -0.05) is 24.3 Å². The first-order chi connectivity index (χ1) is 13.9. The van der Waals surface area contributed by atoms with Gasteiger partial charge >= 0.3 is 6.09 Å². The zero-order valence-electron chi connectivity index (χ0n) is 18.1. The van der Waals surface area contributed by atoms with Crippen molar-refractivity contribution < 1.29 is 14.3 Å².